The maximum atomic E-state index is 13.1. The van der Waals surface area contributed by atoms with E-state index in [9.17, 15) is 15.0 Å². The fourth-order valence-electron chi connectivity index (χ4n) is 4.15. The van der Waals surface area contributed by atoms with Crippen LogP contribution in [-0.2, 0) is 11.3 Å². The fourth-order valence-corrected chi connectivity index (χ4v) is 4.31. The molecule has 2 saturated heterocycles. The highest BCUT2D eigenvalue weighted by Gasteiger charge is 2.32. The van der Waals surface area contributed by atoms with E-state index >= 15 is 0 Å². The Morgan fingerprint density at radius 1 is 1.10 bits per heavy atom. The van der Waals surface area contributed by atoms with E-state index in [2.05, 4.69) is 23.1 Å². The van der Waals surface area contributed by atoms with Gasteiger partial charge >= 0.3 is 0 Å². The van der Waals surface area contributed by atoms with E-state index in [0.29, 0.717) is 6.54 Å². The maximum absolute atomic E-state index is 13.1. The summed E-state index contributed by atoms with van der Waals surface area (Å²) in [5.41, 5.74) is 2.44. The molecular weight excluding hydrogens is 392 g/mol. The van der Waals surface area contributed by atoms with Crippen LogP contribution in [0.5, 0.6) is 11.5 Å². The zero-order chi connectivity index (χ0) is 20.4. The van der Waals surface area contributed by atoms with Crippen molar-refractivity contribution < 1.29 is 19.7 Å². The summed E-state index contributed by atoms with van der Waals surface area (Å²) in [6.07, 6.45) is 1.77. The summed E-state index contributed by atoms with van der Waals surface area (Å²) in [6.45, 7) is 4.88. The first-order valence-corrected chi connectivity index (χ1v) is 10.3. The second-order valence-corrected chi connectivity index (χ2v) is 8.02. The number of nitrogens with zero attached hydrogens (tertiary/aromatic N) is 2. The molecule has 4 rings (SSSR count). The van der Waals surface area contributed by atoms with Crippen LogP contribution in [0.1, 0.15) is 40.4 Å². The zero-order valence-electron chi connectivity index (χ0n) is 16.2. The van der Waals surface area contributed by atoms with Gasteiger partial charge < -0.3 is 19.8 Å². The van der Waals surface area contributed by atoms with Gasteiger partial charge in [0.25, 0.3) is 5.91 Å². The molecule has 2 aromatic carbocycles. The number of morpholine rings is 1. The van der Waals surface area contributed by atoms with Crippen molar-refractivity contribution in [3.8, 4) is 11.5 Å². The lowest BCUT2D eigenvalue weighted by atomic mass is 10.0. The molecular formula is C22H25ClN2O4. The SMILES string of the molecule is O=C(c1cc(Cl)c(O)cc1O)N1CCCC1c1cccc(CN2CCOCC2)c1. The summed E-state index contributed by atoms with van der Waals surface area (Å²) in [5, 5.41) is 19.8. The number of carbonyl (C=O) groups is 1. The predicted octanol–water partition coefficient (Wildman–Crippen LogP) is 3.56. The van der Waals surface area contributed by atoms with Crippen LogP contribution in [0.3, 0.4) is 0 Å². The number of ether oxygens (including phenoxy) is 1. The average Bonchev–Trinajstić information content (AvgIpc) is 3.21. The van der Waals surface area contributed by atoms with Crippen LogP contribution in [0.2, 0.25) is 5.02 Å². The molecule has 0 radical (unpaired) electrons. The third-order valence-corrected chi connectivity index (χ3v) is 5.96. The Kier molecular flexibility index (Phi) is 5.94. The summed E-state index contributed by atoms with van der Waals surface area (Å²) < 4.78 is 5.42. The van der Waals surface area contributed by atoms with Gasteiger partial charge in [-0.2, -0.15) is 0 Å². The van der Waals surface area contributed by atoms with Crippen molar-refractivity contribution in [2.24, 2.45) is 0 Å². The van der Waals surface area contributed by atoms with Crippen molar-refractivity contribution in [3.63, 3.8) is 0 Å². The molecule has 0 spiro atoms. The number of aromatic hydroxyl groups is 2. The Bertz CT molecular complexity index is 898. The molecule has 2 aliphatic rings. The Morgan fingerprint density at radius 2 is 1.90 bits per heavy atom. The second kappa shape index (κ2) is 8.61. The normalized spacial score (nSPS) is 20.2. The molecule has 1 unspecified atom stereocenters. The second-order valence-electron chi connectivity index (χ2n) is 7.61. The standard InChI is InChI=1S/C22H25ClN2O4/c23-18-12-17(20(26)13-21(18)27)22(28)25-6-2-5-19(25)16-4-1-3-15(11-16)14-24-7-9-29-10-8-24/h1,3-4,11-13,19,26-27H,2,5-10,14H2. The molecule has 29 heavy (non-hydrogen) atoms. The van der Waals surface area contributed by atoms with E-state index in [-0.39, 0.29) is 34.0 Å². The number of rotatable bonds is 4. The molecule has 0 saturated carbocycles. The number of phenolic OH excluding ortho intramolecular Hbond substituents is 2. The number of amides is 1. The minimum absolute atomic E-state index is 0.0425. The first kappa shape index (κ1) is 20.0. The van der Waals surface area contributed by atoms with Crippen molar-refractivity contribution in [2.75, 3.05) is 32.8 Å². The van der Waals surface area contributed by atoms with Crippen LogP contribution in [0.25, 0.3) is 0 Å². The molecule has 0 aliphatic carbocycles. The number of halogens is 1. The number of hydrogen-bond acceptors (Lipinski definition) is 5. The molecule has 2 fully saturated rings. The summed E-state index contributed by atoms with van der Waals surface area (Å²) in [5.74, 6) is -0.774. The van der Waals surface area contributed by atoms with E-state index < -0.39 is 0 Å². The quantitative estimate of drug-likeness (QED) is 0.797. The van der Waals surface area contributed by atoms with E-state index in [0.717, 1.165) is 57.3 Å². The Hall–Kier alpha value is -2.28. The van der Waals surface area contributed by atoms with E-state index in [4.69, 9.17) is 16.3 Å². The molecule has 1 amide bonds. The smallest absolute Gasteiger partial charge is 0.258 e. The van der Waals surface area contributed by atoms with Crippen molar-refractivity contribution in [1.29, 1.82) is 0 Å². The van der Waals surface area contributed by atoms with Crippen LogP contribution in [0.15, 0.2) is 36.4 Å². The topological polar surface area (TPSA) is 73.2 Å². The van der Waals surface area contributed by atoms with Gasteiger partial charge in [0.15, 0.2) is 0 Å². The number of hydrogen-bond donors (Lipinski definition) is 2. The molecule has 2 heterocycles. The molecule has 0 bridgehead atoms. The first-order chi connectivity index (χ1) is 14.0. The van der Waals surface area contributed by atoms with Crippen LogP contribution < -0.4 is 0 Å². The number of likely N-dealkylation sites (tertiary alicyclic amines) is 1. The van der Waals surface area contributed by atoms with Gasteiger partial charge in [-0.25, -0.2) is 0 Å². The monoisotopic (exact) mass is 416 g/mol. The van der Waals surface area contributed by atoms with E-state index in [1.165, 1.54) is 11.6 Å². The largest absolute Gasteiger partial charge is 0.507 e. The van der Waals surface area contributed by atoms with Gasteiger partial charge in [0, 0.05) is 32.2 Å². The molecule has 6 nitrogen and oxygen atoms in total. The Balaban J connectivity index is 1.54. The van der Waals surface area contributed by atoms with Crippen molar-refractivity contribution in [3.05, 3.63) is 58.1 Å². The molecule has 7 heteroatoms. The van der Waals surface area contributed by atoms with Crippen molar-refractivity contribution >= 4 is 17.5 Å². The van der Waals surface area contributed by atoms with Crippen molar-refractivity contribution in [2.45, 2.75) is 25.4 Å². The van der Waals surface area contributed by atoms with Gasteiger partial charge in [0.05, 0.1) is 29.8 Å². The summed E-state index contributed by atoms with van der Waals surface area (Å²) >= 11 is 5.96. The minimum Gasteiger partial charge on any atom is -0.507 e. The Morgan fingerprint density at radius 3 is 2.69 bits per heavy atom. The van der Waals surface area contributed by atoms with E-state index in [1.807, 2.05) is 6.07 Å². The minimum atomic E-state index is -0.273. The number of phenols is 2. The van der Waals surface area contributed by atoms with Gasteiger partial charge in [-0.1, -0.05) is 35.9 Å². The molecule has 2 aliphatic heterocycles. The lowest BCUT2D eigenvalue weighted by Crippen LogP contribution is -2.35. The average molecular weight is 417 g/mol. The molecule has 2 aromatic rings. The highest BCUT2D eigenvalue weighted by molar-refractivity contribution is 6.32. The summed E-state index contributed by atoms with van der Waals surface area (Å²) in [6, 6.07) is 10.8. The predicted molar refractivity (Wildman–Crippen MR) is 110 cm³/mol. The van der Waals surface area contributed by atoms with Crippen LogP contribution in [-0.4, -0.2) is 58.8 Å². The fraction of sp³-hybridized carbons (Fsp3) is 0.409. The van der Waals surface area contributed by atoms with Crippen LogP contribution in [0, 0.1) is 0 Å². The van der Waals surface area contributed by atoms with Gasteiger partial charge in [-0.15, -0.1) is 0 Å². The molecule has 1 atom stereocenters. The van der Waals surface area contributed by atoms with E-state index in [1.54, 1.807) is 4.90 Å². The zero-order valence-corrected chi connectivity index (χ0v) is 16.9. The molecule has 2 N–H and O–H groups in total. The molecule has 154 valence electrons. The number of benzene rings is 2. The maximum Gasteiger partial charge on any atom is 0.258 e. The summed E-state index contributed by atoms with van der Waals surface area (Å²) in [7, 11) is 0. The van der Waals surface area contributed by atoms with Gasteiger partial charge in [0.2, 0.25) is 0 Å². The molecule has 0 aromatic heterocycles. The first-order valence-electron chi connectivity index (χ1n) is 9.94. The third-order valence-electron chi connectivity index (χ3n) is 5.65. The highest BCUT2D eigenvalue weighted by Crippen LogP contribution is 2.37. The van der Waals surface area contributed by atoms with Crippen LogP contribution >= 0.6 is 11.6 Å². The van der Waals surface area contributed by atoms with Gasteiger partial charge in [0.1, 0.15) is 11.5 Å². The summed E-state index contributed by atoms with van der Waals surface area (Å²) in [4.78, 5) is 17.3. The van der Waals surface area contributed by atoms with Crippen molar-refractivity contribution in [1.82, 2.24) is 9.80 Å². The number of carbonyl (C=O) groups excluding carboxylic acids is 1. The third kappa shape index (κ3) is 4.34. The Labute approximate surface area is 175 Å². The van der Waals surface area contributed by atoms with Gasteiger partial charge in [-0.05, 0) is 30.0 Å². The lowest BCUT2D eigenvalue weighted by Gasteiger charge is -2.28. The van der Waals surface area contributed by atoms with Crippen LogP contribution in [0.4, 0.5) is 0 Å². The highest BCUT2D eigenvalue weighted by atomic mass is 35.5. The van der Waals surface area contributed by atoms with Gasteiger partial charge in [-0.3, -0.25) is 9.69 Å². The lowest BCUT2D eigenvalue weighted by molar-refractivity contribution is 0.0341.